The SMILES string of the molecule is Br.Cc1ccccc1.Cl.Cl.FC(F)F. The molecule has 0 aliphatic carbocycles. The van der Waals surface area contributed by atoms with Gasteiger partial charge in [-0.3, -0.25) is 0 Å². The Morgan fingerprint density at radius 3 is 1.36 bits per heavy atom. The van der Waals surface area contributed by atoms with Crippen molar-refractivity contribution in [3.63, 3.8) is 0 Å². The molecule has 0 heterocycles. The van der Waals surface area contributed by atoms with Crippen LogP contribution >= 0.6 is 41.8 Å². The average Bonchev–Trinajstić information content (AvgIpc) is 1.87. The maximum Gasteiger partial charge on any atom is 0.379 e. The van der Waals surface area contributed by atoms with Crippen LogP contribution in [0.3, 0.4) is 0 Å². The van der Waals surface area contributed by atoms with Gasteiger partial charge >= 0.3 is 6.68 Å². The highest BCUT2D eigenvalue weighted by molar-refractivity contribution is 8.93. The zero-order valence-electron chi connectivity index (χ0n) is 7.32. The molecule has 0 bridgehead atoms. The van der Waals surface area contributed by atoms with E-state index in [-0.39, 0.29) is 41.8 Å². The lowest BCUT2D eigenvalue weighted by Crippen LogP contribution is -1.65. The van der Waals surface area contributed by atoms with Crippen LogP contribution in [0.5, 0.6) is 0 Å². The van der Waals surface area contributed by atoms with Crippen LogP contribution in [0, 0.1) is 6.92 Å². The zero-order chi connectivity index (χ0) is 8.69. The molecule has 0 nitrogen and oxygen atoms in total. The van der Waals surface area contributed by atoms with Gasteiger partial charge in [-0.05, 0) is 6.92 Å². The van der Waals surface area contributed by atoms with E-state index in [0.717, 1.165) is 0 Å². The molecule has 0 saturated carbocycles. The van der Waals surface area contributed by atoms with Crippen molar-refractivity contribution in [2.24, 2.45) is 0 Å². The molecule has 0 atom stereocenters. The second-order valence-corrected chi connectivity index (χ2v) is 1.90. The first kappa shape index (κ1) is 23.7. The minimum atomic E-state index is -3.67. The molecule has 6 heteroatoms. The first-order chi connectivity index (χ1) is 5.13. The van der Waals surface area contributed by atoms with Gasteiger partial charge in [0, 0.05) is 0 Å². The maximum absolute atomic E-state index is 9.67. The Labute approximate surface area is 104 Å². The molecular formula is C8H12BrCl2F3. The summed E-state index contributed by atoms with van der Waals surface area (Å²) in [5.41, 5.74) is 1.32. The molecule has 0 radical (unpaired) electrons. The molecule has 1 rings (SSSR count). The smallest absolute Gasteiger partial charge is 0.174 e. The van der Waals surface area contributed by atoms with Crippen molar-refractivity contribution in [2.45, 2.75) is 13.6 Å². The number of hydrogen-bond donors (Lipinski definition) is 0. The fraction of sp³-hybridized carbons (Fsp3) is 0.250. The van der Waals surface area contributed by atoms with Crippen LogP contribution in [0.15, 0.2) is 30.3 Å². The van der Waals surface area contributed by atoms with Crippen LogP contribution in [0.1, 0.15) is 5.56 Å². The molecule has 0 fully saturated rings. The highest BCUT2D eigenvalue weighted by Crippen LogP contribution is 1.92. The summed E-state index contributed by atoms with van der Waals surface area (Å²) in [5, 5.41) is 0. The van der Waals surface area contributed by atoms with Crippen molar-refractivity contribution < 1.29 is 13.2 Å². The summed E-state index contributed by atoms with van der Waals surface area (Å²) in [4.78, 5) is 0. The molecule has 0 aromatic heterocycles. The second-order valence-electron chi connectivity index (χ2n) is 1.90. The monoisotopic (exact) mass is 314 g/mol. The molecule has 14 heavy (non-hydrogen) atoms. The van der Waals surface area contributed by atoms with Gasteiger partial charge in [0.25, 0.3) is 0 Å². The fourth-order valence-corrected chi connectivity index (χ4v) is 0.534. The lowest BCUT2D eigenvalue weighted by molar-refractivity contribution is 0.00819. The first-order valence-corrected chi connectivity index (χ1v) is 3.07. The third-order valence-electron chi connectivity index (χ3n) is 0.940. The van der Waals surface area contributed by atoms with E-state index in [0.29, 0.717) is 0 Å². The third-order valence-corrected chi connectivity index (χ3v) is 0.940. The predicted molar refractivity (Wildman–Crippen MR) is 63.1 cm³/mol. The van der Waals surface area contributed by atoms with Crippen LogP contribution in [-0.2, 0) is 0 Å². The van der Waals surface area contributed by atoms with Gasteiger partial charge in [0.05, 0.1) is 0 Å². The minimum absolute atomic E-state index is 0. The van der Waals surface area contributed by atoms with E-state index in [2.05, 4.69) is 19.1 Å². The maximum atomic E-state index is 9.67. The van der Waals surface area contributed by atoms with E-state index in [1.165, 1.54) is 5.56 Å². The highest BCUT2D eigenvalue weighted by atomic mass is 79.9. The Hall–Kier alpha value is 0.0700. The van der Waals surface area contributed by atoms with Crippen molar-refractivity contribution in [3.05, 3.63) is 35.9 Å². The molecule has 1 aromatic rings. The van der Waals surface area contributed by atoms with Gasteiger partial charge in [0.15, 0.2) is 0 Å². The predicted octanol–water partition coefficient (Wildman–Crippen LogP) is 4.60. The van der Waals surface area contributed by atoms with Gasteiger partial charge < -0.3 is 0 Å². The second kappa shape index (κ2) is 15.5. The lowest BCUT2D eigenvalue weighted by Gasteiger charge is -1.82. The molecule has 0 aliphatic rings. The van der Waals surface area contributed by atoms with Crippen LogP contribution in [0.25, 0.3) is 0 Å². The molecule has 0 unspecified atom stereocenters. The fourth-order valence-electron chi connectivity index (χ4n) is 0.534. The Bertz CT molecular complexity index is 182. The molecule has 0 N–H and O–H groups in total. The lowest BCUT2D eigenvalue weighted by atomic mass is 10.2. The Morgan fingerprint density at radius 2 is 1.21 bits per heavy atom. The molecular weight excluding hydrogens is 304 g/mol. The Balaban J connectivity index is -0.0000000650. The van der Waals surface area contributed by atoms with E-state index in [4.69, 9.17) is 0 Å². The zero-order valence-corrected chi connectivity index (χ0v) is 10.7. The Kier molecular flexibility index (Phi) is 26.3. The largest absolute Gasteiger partial charge is 0.379 e. The van der Waals surface area contributed by atoms with Gasteiger partial charge in [-0.2, -0.15) is 13.2 Å². The van der Waals surface area contributed by atoms with Crippen LogP contribution in [0.4, 0.5) is 13.2 Å². The number of aryl methyl sites for hydroxylation is 1. The highest BCUT2D eigenvalue weighted by Gasteiger charge is 1.86. The van der Waals surface area contributed by atoms with Crippen molar-refractivity contribution in [1.82, 2.24) is 0 Å². The van der Waals surface area contributed by atoms with E-state index in [1.54, 1.807) is 0 Å². The summed E-state index contributed by atoms with van der Waals surface area (Å²) < 4.78 is 29.0. The Morgan fingerprint density at radius 1 is 0.929 bits per heavy atom. The van der Waals surface area contributed by atoms with E-state index in [1.807, 2.05) is 18.2 Å². The molecule has 0 aliphatic heterocycles. The van der Waals surface area contributed by atoms with Gasteiger partial charge in [-0.15, -0.1) is 41.8 Å². The molecule has 1 aromatic carbocycles. The van der Waals surface area contributed by atoms with Crippen molar-refractivity contribution in [3.8, 4) is 0 Å². The number of rotatable bonds is 0. The number of alkyl halides is 3. The summed E-state index contributed by atoms with van der Waals surface area (Å²) in [6, 6.07) is 10.3. The standard InChI is InChI=1S/C7H8.CHF3.BrH.2ClH/c1-7-5-3-2-4-6-7;2-1(3)4;;;/h2-6H,1H3;1H;3*1H. The van der Waals surface area contributed by atoms with Crippen molar-refractivity contribution in [2.75, 3.05) is 0 Å². The summed E-state index contributed by atoms with van der Waals surface area (Å²) in [6.45, 7) is -1.58. The summed E-state index contributed by atoms with van der Waals surface area (Å²) in [5.74, 6) is 0. The summed E-state index contributed by atoms with van der Waals surface area (Å²) >= 11 is 0. The molecule has 0 saturated heterocycles. The van der Waals surface area contributed by atoms with E-state index >= 15 is 0 Å². The quantitative estimate of drug-likeness (QED) is 0.656. The van der Waals surface area contributed by atoms with Crippen LogP contribution in [0.2, 0.25) is 0 Å². The first-order valence-electron chi connectivity index (χ1n) is 3.07. The minimum Gasteiger partial charge on any atom is -0.174 e. The van der Waals surface area contributed by atoms with Crippen LogP contribution in [-0.4, -0.2) is 6.68 Å². The molecule has 0 spiro atoms. The van der Waals surface area contributed by atoms with Crippen molar-refractivity contribution >= 4 is 41.8 Å². The molecule has 0 amide bonds. The van der Waals surface area contributed by atoms with Gasteiger partial charge in [0.1, 0.15) is 0 Å². The van der Waals surface area contributed by atoms with Gasteiger partial charge in [-0.25, -0.2) is 0 Å². The third kappa shape index (κ3) is 22.7. The average molecular weight is 316 g/mol. The van der Waals surface area contributed by atoms with Gasteiger partial charge in [0.2, 0.25) is 0 Å². The topological polar surface area (TPSA) is 0 Å². The number of hydrogen-bond acceptors (Lipinski definition) is 0. The van der Waals surface area contributed by atoms with Crippen LogP contribution < -0.4 is 0 Å². The summed E-state index contributed by atoms with van der Waals surface area (Å²) in [6.07, 6.45) is 0. The van der Waals surface area contributed by atoms with Crippen molar-refractivity contribution in [1.29, 1.82) is 0 Å². The number of benzene rings is 1. The normalized spacial score (nSPS) is 6.93. The number of halogens is 6. The van der Waals surface area contributed by atoms with E-state index < -0.39 is 6.68 Å². The van der Waals surface area contributed by atoms with Gasteiger partial charge in [-0.1, -0.05) is 35.9 Å². The van der Waals surface area contributed by atoms with E-state index in [9.17, 15) is 13.2 Å². The molecule has 86 valence electrons. The summed E-state index contributed by atoms with van der Waals surface area (Å²) in [7, 11) is 0.